The van der Waals surface area contributed by atoms with Crippen molar-refractivity contribution in [1.82, 2.24) is 5.32 Å². The highest BCUT2D eigenvalue weighted by atomic mass is 16.3. The third-order valence-corrected chi connectivity index (χ3v) is 5.06. The molecule has 21 heavy (non-hydrogen) atoms. The van der Waals surface area contributed by atoms with Gasteiger partial charge in [0.05, 0.1) is 0 Å². The second kappa shape index (κ2) is 6.65. The summed E-state index contributed by atoms with van der Waals surface area (Å²) in [6, 6.07) is 9.00. The number of hydrogen-bond acceptors (Lipinski definition) is 2. The van der Waals surface area contributed by atoms with Crippen LogP contribution in [0.25, 0.3) is 11.0 Å². The second-order valence-electron chi connectivity index (χ2n) is 6.42. The molecule has 114 valence electrons. The molecule has 2 nitrogen and oxygen atoms in total. The van der Waals surface area contributed by atoms with Crippen LogP contribution in [-0.2, 0) is 13.0 Å². The van der Waals surface area contributed by atoms with Crippen molar-refractivity contribution >= 4 is 11.0 Å². The summed E-state index contributed by atoms with van der Waals surface area (Å²) >= 11 is 0. The fourth-order valence-corrected chi connectivity index (χ4v) is 3.69. The number of para-hydroxylation sites is 1. The minimum atomic E-state index is 0.601. The smallest absolute Gasteiger partial charge is 0.134 e. The van der Waals surface area contributed by atoms with Crippen LogP contribution in [0.3, 0.4) is 0 Å². The first-order valence-corrected chi connectivity index (χ1v) is 8.52. The molecule has 0 spiro atoms. The summed E-state index contributed by atoms with van der Waals surface area (Å²) in [4.78, 5) is 0. The van der Waals surface area contributed by atoms with E-state index >= 15 is 0 Å². The van der Waals surface area contributed by atoms with E-state index in [4.69, 9.17) is 4.42 Å². The van der Waals surface area contributed by atoms with Crippen molar-refractivity contribution in [2.24, 2.45) is 5.92 Å². The summed E-state index contributed by atoms with van der Waals surface area (Å²) < 4.78 is 5.99. The van der Waals surface area contributed by atoms with Gasteiger partial charge in [0.25, 0.3) is 0 Å². The number of fused-ring (bicyclic) bond motifs is 1. The zero-order chi connectivity index (χ0) is 14.7. The molecule has 2 aromatic rings. The predicted octanol–water partition coefficient (Wildman–Crippen LogP) is 5.05. The van der Waals surface area contributed by atoms with Crippen LogP contribution in [0.4, 0.5) is 0 Å². The van der Waals surface area contributed by atoms with E-state index in [9.17, 15) is 0 Å². The summed E-state index contributed by atoms with van der Waals surface area (Å²) in [5.41, 5.74) is 2.38. The quantitative estimate of drug-likeness (QED) is 0.831. The van der Waals surface area contributed by atoms with Gasteiger partial charge in [0.1, 0.15) is 11.3 Å². The lowest BCUT2D eigenvalue weighted by Crippen LogP contribution is -2.34. The van der Waals surface area contributed by atoms with E-state index in [2.05, 4.69) is 37.4 Å². The number of furan rings is 1. The summed E-state index contributed by atoms with van der Waals surface area (Å²) in [5, 5.41) is 5.04. The average molecular weight is 285 g/mol. The molecule has 1 aromatic heterocycles. The van der Waals surface area contributed by atoms with Gasteiger partial charge in [-0.3, -0.25) is 0 Å². The molecular weight excluding hydrogens is 258 g/mol. The van der Waals surface area contributed by atoms with Crippen LogP contribution in [0.2, 0.25) is 0 Å². The molecule has 0 saturated heterocycles. The van der Waals surface area contributed by atoms with Gasteiger partial charge < -0.3 is 9.73 Å². The van der Waals surface area contributed by atoms with Crippen molar-refractivity contribution in [2.45, 2.75) is 65.0 Å². The van der Waals surface area contributed by atoms with Crippen molar-refractivity contribution in [3.8, 4) is 0 Å². The van der Waals surface area contributed by atoms with Crippen LogP contribution in [0.15, 0.2) is 28.7 Å². The fraction of sp³-hybridized carbons (Fsp3) is 0.579. The maximum absolute atomic E-state index is 5.99. The van der Waals surface area contributed by atoms with Gasteiger partial charge in [0.15, 0.2) is 0 Å². The normalized spacial score (nSPS) is 18.2. The van der Waals surface area contributed by atoms with E-state index in [0.717, 1.165) is 30.2 Å². The van der Waals surface area contributed by atoms with E-state index in [1.54, 1.807) is 0 Å². The monoisotopic (exact) mass is 285 g/mol. The van der Waals surface area contributed by atoms with Crippen LogP contribution in [0.1, 0.15) is 57.3 Å². The third-order valence-electron chi connectivity index (χ3n) is 5.06. The maximum Gasteiger partial charge on any atom is 0.134 e. The van der Waals surface area contributed by atoms with Gasteiger partial charge >= 0.3 is 0 Å². The van der Waals surface area contributed by atoms with Crippen molar-refractivity contribution in [1.29, 1.82) is 0 Å². The minimum absolute atomic E-state index is 0.601. The van der Waals surface area contributed by atoms with Crippen LogP contribution in [0.5, 0.6) is 0 Å². The van der Waals surface area contributed by atoms with E-state index in [0.29, 0.717) is 6.04 Å². The highest BCUT2D eigenvalue weighted by Gasteiger charge is 2.20. The fourth-order valence-electron chi connectivity index (χ4n) is 3.69. The second-order valence-corrected chi connectivity index (χ2v) is 6.42. The highest BCUT2D eigenvalue weighted by Crippen LogP contribution is 2.28. The first-order valence-electron chi connectivity index (χ1n) is 8.52. The molecule has 1 atom stereocenters. The van der Waals surface area contributed by atoms with Gasteiger partial charge in [-0.1, -0.05) is 44.4 Å². The van der Waals surface area contributed by atoms with Crippen LogP contribution >= 0.6 is 0 Å². The Hall–Kier alpha value is -1.28. The molecule has 1 fully saturated rings. The Kier molecular flexibility index (Phi) is 4.64. The standard InChI is InChI=1S/C19H27NO/c1-3-18-17(16-11-7-8-12-19(16)21-18)13-20-14(2)15-9-5-4-6-10-15/h7-8,11-12,14-15,20H,3-6,9-10,13H2,1-2H3. The lowest BCUT2D eigenvalue weighted by molar-refractivity contribution is 0.280. The SMILES string of the molecule is CCc1oc2ccccc2c1CNC(C)C1CCCCC1. The highest BCUT2D eigenvalue weighted by molar-refractivity contribution is 5.82. The third kappa shape index (κ3) is 3.16. The Morgan fingerprint density at radius 1 is 1.19 bits per heavy atom. The van der Waals surface area contributed by atoms with E-state index in [1.165, 1.54) is 43.1 Å². The molecule has 1 N–H and O–H groups in total. The topological polar surface area (TPSA) is 25.2 Å². The lowest BCUT2D eigenvalue weighted by Gasteiger charge is -2.28. The van der Waals surface area contributed by atoms with Crippen molar-refractivity contribution in [3.63, 3.8) is 0 Å². The molecular formula is C19H27NO. The number of hydrogen-bond donors (Lipinski definition) is 1. The zero-order valence-corrected chi connectivity index (χ0v) is 13.3. The van der Waals surface area contributed by atoms with E-state index < -0.39 is 0 Å². The Balaban J connectivity index is 1.72. The number of nitrogens with one attached hydrogen (secondary N) is 1. The van der Waals surface area contributed by atoms with Crippen LogP contribution in [-0.4, -0.2) is 6.04 Å². The van der Waals surface area contributed by atoms with Crippen LogP contribution in [0, 0.1) is 5.92 Å². The molecule has 1 heterocycles. The Morgan fingerprint density at radius 3 is 2.71 bits per heavy atom. The summed E-state index contributed by atoms with van der Waals surface area (Å²) in [6.07, 6.45) is 7.98. The largest absolute Gasteiger partial charge is 0.461 e. The predicted molar refractivity (Wildman–Crippen MR) is 88.5 cm³/mol. The van der Waals surface area contributed by atoms with Gasteiger partial charge in [0.2, 0.25) is 0 Å². The van der Waals surface area contributed by atoms with Crippen LogP contribution < -0.4 is 5.32 Å². The molecule has 1 saturated carbocycles. The van der Waals surface area contributed by atoms with Gasteiger partial charge in [-0.25, -0.2) is 0 Å². The first-order chi connectivity index (χ1) is 10.3. The number of aryl methyl sites for hydroxylation is 1. The average Bonchev–Trinajstić information content (AvgIpc) is 2.91. The zero-order valence-electron chi connectivity index (χ0n) is 13.3. The van der Waals surface area contributed by atoms with E-state index in [1.807, 2.05) is 6.07 Å². The van der Waals surface area contributed by atoms with E-state index in [-0.39, 0.29) is 0 Å². The van der Waals surface area contributed by atoms with Gasteiger partial charge in [0, 0.05) is 30.0 Å². The van der Waals surface area contributed by atoms with Gasteiger partial charge in [-0.15, -0.1) is 0 Å². The maximum atomic E-state index is 5.99. The molecule has 1 aliphatic carbocycles. The molecule has 1 unspecified atom stereocenters. The van der Waals surface area contributed by atoms with Crippen molar-refractivity contribution < 1.29 is 4.42 Å². The molecule has 0 radical (unpaired) electrons. The Morgan fingerprint density at radius 2 is 1.95 bits per heavy atom. The molecule has 1 aromatic carbocycles. The Labute approximate surface area is 127 Å². The molecule has 0 bridgehead atoms. The minimum Gasteiger partial charge on any atom is -0.461 e. The molecule has 0 aliphatic heterocycles. The summed E-state index contributed by atoms with van der Waals surface area (Å²) in [5.74, 6) is 1.99. The van der Waals surface area contributed by atoms with Gasteiger partial charge in [-0.2, -0.15) is 0 Å². The summed E-state index contributed by atoms with van der Waals surface area (Å²) in [6.45, 7) is 5.45. The number of rotatable bonds is 5. The molecule has 0 amide bonds. The lowest BCUT2D eigenvalue weighted by atomic mass is 9.84. The number of benzene rings is 1. The molecule has 3 rings (SSSR count). The first kappa shape index (κ1) is 14.6. The summed E-state index contributed by atoms with van der Waals surface area (Å²) in [7, 11) is 0. The van der Waals surface area contributed by atoms with Gasteiger partial charge in [-0.05, 0) is 31.7 Å². The Bertz CT molecular complexity index is 580. The van der Waals surface area contributed by atoms with Crippen molar-refractivity contribution in [2.75, 3.05) is 0 Å². The molecule has 1 aliphatic rings. The molecule has 2 heteroatoms. The van der Waals surface area contributed by atoms with Crippen molar-refractivity contribution in [3.05, 3.63) is 35.6 Å².